The highest BCUT2D eigenvalue weighted by Crippen LogP contribution is 2.34. The van der Waals surface area contributed by atoms with Crippen LogP contribution >= 0.6 is 36.4 Å². The number of pyridine rings is 1. The third-order valence-corrected chi connectivity index (χ3v) is 4.22. The van der Waals surface area contributed by atoms with Gasteiger partial charge in [-0.1, -0.05) is 18.5 Å². The molecule has 0 aliphatic carbocycles. The van der Waals surface area contributed by atoms with Crippen LogP contribution in [0, 0.1) is 5.92 Å². The summed E-state index contributed by atoms with van der Waals surface area (Å²) < 4.78 is 38.0. The van der Waals surface area contributed by atoms with Gasteiger partial charge in [-0.3, -0.25) is 4.79 Å². The Morgan fingerprint density at radius 3 is 2.65 bits per heavy atom. The van der Waals surface area contributed by atoms with E-state index in [-0.39, 0.29) is 47.7 Å². The predicted molar refractivity (Wildman–Crippen MR) is 101 cm³/mol. The van der Waals surface area contributed by atoms with Crippen LogP contribution in [-0.2, 0) is 11.0 Å². The maximum Gasteiger partial charge on any atom is 0.417 e. The number of amides is 1. The maximum absolute atomic E-state index is 12.7. The zero-order valence-corrected chi connectivity index (χ0v) is 16.7. The summed E-state index contributed by atoms with van der Waals surface area (Å²) >= 11 is 5.96. The minimum atomic E-state index is -4.47. The predicted octanol–water partition coefficient (Wildman–Crippen LogP) is 3.15. The van der Waals surface area contributed by atoms with Crippen molar-refractivity contribution in [3.05, 3.63) is 22.8 Å². The number of anilines is 1. The normalized spacial score (nSPS) is 17.9. The summed E-state index contributed by atoms with van der Waals surface area (Å²) in [4.78, 5) is 17.7. The first kappa shape index (κ1) is 25.0. The first-order valence-electron chi connectivity index (χ1n) is 7.65. The van der Waals surface area contributed by atoms with E-state index in [1.54, 1.807) is 11.9 Å². The van der Waals surface area contributed by atoms with Crippen LogP contribution in [0.15, 0.2) is 12.3 Å². The van der Waals surface area contributed by atoms with Crippen molar-refractivity contribution < 1.29 is 18.0 Å². The first-order valence-corrected chi connectivity index (χ1v) is 8.02. The third kappa shape index (κ3) is 6.33. The number of nitrogens with zero attached hydrogens (tertiary/aromatic N) is 2. The average molecular weight is 438 g/mol. The van der Waals surface area contributed by atoms with Crippen molar-refractivity contribution in [3.8, 4) is 0 Å². The maximum atomic E-state index is 12.7. The van der Waals surface area contributed by atoms with Gasteiger partial charge in [0.2, 0.25) is 5.91 Å². The second-order valence-electron chi connectivity index (χ2n) is 5.93. The molecular weight excluding hydrogens is 416 g/mol. The summed E-state index contributed by atoms with van der Waals surface area (Å²) in [5.41, 5.74) is -0.874. The standard InChI is InChI=1S/C15H20ClF3N4O.2ClH/c1-9(6-20-2)14(24)22-11-3-4-23(8-11)13-12(16)5-10(7-21-13)15(17,18)19;;/h5,7,9,11,20H,3-4,6,8H2,1-2H3,(H,22,24);2*1H. The van der Waals surface area contributed by atoms with Gasteiger partial charge >= 0.3 is 6.18 Å². The zero-order valence-electron chi connectivity index (χ0n) is 14.3. The molecule has 1 aliphatic rings. The number of hydrogen-bond acceptors (Lipinski definition) is 4. The van der Waals surface area contributed by atoms with E-state index in [0.29, 0.717) is 31.9 Å². The molecule has 150 valence electrons. The van der Waals surface area contributed by atoms with Crippen molar-refractivity contribution in [2.75, 3.05) is 31.6 Å². The Labute approximate surface area is 167 Å². The van der Waals surface area contributed by atoms with Crippen molar-refractivity contribution in [2.24, 2.45) is 5.92 Å². The molecule has 0 radical (unpaired) electrons. The van der Waals surface area contributed by atoms with Gasteiger partial charge in [-0.05, 0) is 19.5 Å². The fourth-order valence-electron chi connectivity index (χ4n) is 2.63. The Morgan fingerprint density at radius 2 is 2.12 bits per heavy atom. The third-order valence-electron chi connectivity index (χ3n) is 3.94. The van der Waals surface area contributed by atoms with Crippen molar-refractivity contribution in [2.45, 2.75) is 25.6 Å². The molecule has 2 heterocycles. The fraction of sp³-hybridized carbons (Fsp3) is 0.600. The summed E-state index contributed by atoms with van der Waals surface area (Å²) in [6, 6.07) is 0.807. The Hall–Kier alpha value is -0.960. The fourth-order valence-corrected chi connectivity index (χ4v) is 2.92. The molecule has 11 heteroatoms. The minimum absolute atomic E-state index is 0. The molecule has 2 rings (SSSR count). The molecule has 1 aliphatic heterocycles. The van der Waals surface area contributed by atoms with Gasteiger partial charge in [-0.15, -0.1) is 24.8 Å². The van der Waals surface area contributed by atoms with Gasteiger partial charge in [-0.2, -0.15) is 13.2 Å². The molecule has 0 aromatic carbocycles. The largest absolute Gasteiger partial charge is 0.417 e. The number of nitrogens with one attached hydrogen (secondary N) is 2. The molecule has 2 N–H and O–H groups in total. The van der Waals surface area contributed by atoms with Crippen LogP contribution in [0.4, 0.5) is 19.0 Å². The topological polar surface area (TPSA) is 57.3 Å². The zero-order chi connectivity index (χ0) is 17.9. The number of aromatic nitrogens is 1. The van der Waals surface area contributed by atoms with Gasteiger partial charge in [0.15, 0.2) is 0 Å². The Bertz CT molecular complexity index is 604. The number of carbonyl (C=O) groups excluding carboxylic acids is 1. The van der Waals surface area contributed by atoms with Gasteiger partial charge in [0.25, 0.3) is 0 Å². The van der Waals surface area contributed by atoms with Crippen molar-refractivity contribution in [3.63, 3.8) is 0 Å². The smallest absolute Gasteiger partial charge is 0.353 e. The molecule has 1 amide bonds. The molecule has 1 aromatic heterocycles. The quantitative estimate of drug-likeness (QED) is 0.743. The van der Waals surface area contributed by atoms with Gasteiger partial charge in [0.05, 0.1) is 10.6 Å². The number of halogens is 6. The molecule has 2 atom stereocenters. The lowest BCUT2D eigenvalue weighted by molar-refractivity contribution is -0.137. The Kier molecular flexibility index (Phi) is 10.0. The molecule has 0 bridgehead atoms. The van der Waals surface area contributed by atoms with Gasteiger partial charge in [0, 0.05) is 37.8 Å². The van der Waals surface area contributed by atoms with Crippen LogP contribution in [0.3, 0.4) is 0 Å². The van der Waals surface area contributed by atoms with Crippen molar-refractivity contribution in [1.29, 1.82) is 0 Å². The van der Waals surface area contributed by atoms with Crippen LogP contribution in [0.25, 0.3) is 0 Å². The van der Waals surface area contributed by atoms with Gasteiger partial charge in [-0.25, -0.2) is 4.98 Å². The summed E-state index contributed by atoms with van der Waals surface area (Å²) in [6.45, 7) is 3.45. The molecule has 5 nitrogen and oxygen atoms in total. The van der Waals surface area contributed by atoms with E-state index in [4.69, 9.17) is 11.6 Å². The first-order chi connectivity index (χ1) is 11.2. The molecular formula is C15H22Cl3F3N4O. The van der Waals surface area contributed by atoms with Gasteiger partial charge in [0.1, 0.15) is 5.82 Å². The molecule has 1 saturated heterocycles. The van der Waals surface area contributed by atoms with E-state index in [1.165, 1.54) is 0 Å². The molecule has 1 aromatic rings. The summed E-state index contributed by atoms with van der Waals surface area (Å²) in [7, 11) is 1.78. The van der Waals surface area contributed by atoms with Crippen LogP contribution < -0.4 is 15.5 Å². The Morgan fingerprint density at radius 1 is 1.46 bits per heavy atom. The van der Waals surface area contributed by atoms with Crippen molar-refractivity contribution in [1.82, 2.24) is 15.6 Å². The monoisotopic (exact) mass is 436 g/mol. The van der Waals surface area contributed by atoms with E-state index in [1.807, 2.05) is 6.92 Å². The summed E-state index contributed by atoms with van der Waals surface area (Å²) in [5, 5.41) is 5.85. The van der Waals surface area contributed by atoms with E-state index >= 15 is 0 Å². The second kappa shape index (κ2) is 10.4. The van der Waals surface area contributed by atoms with E-state index in [9.17, 15) is 18.0 Å². The van der Waals surface area contributed by atoms with E-state index in [2.05, 4.69) is 15.6 Å². The molecule has 26 heavy (non-hydrogen) atoms. The molecule has 0 saturated carbocycles. The van der Waals surface area contributed by atoms with Crippen LogP contribution in [0.2, 0.25) is 5.02 Å². The lowest BCUT2D eigenvalue weighted by Gasteiger charge is -2.20. The Balaban J connectivity index is 0.00000312. The highest BCUT2D eigenvalue weighted by Gasteiger charge is 2.33. The summed E-state index contributed by atoms with van der Waals surface area (Å²) in [5.74, 6) is 0.101. The molecule has 1 fully saturated rings. The van der Waals surface area contributed by atoms with Crippen LogP contribution in [-0.4, -0.2) is 43.6 Å². The second-order valence-corrected chi connectivity index (χ2v) is 6.33. The lowest BCUT2D eigenvalue weighted by atomic mass is 10.1. The van der Waals surface area contributed by atoms with Gasteiger partial charge < -0.3 is 15.5 Å². The van der Waals surface area contributed by atoms with Crippen LogP contribution in [0.5, 0.6) is 0 Å². The van der Waals surface area contributed by atoms with Crippen molar-refractivity contribution >= 4 is 48.1 Å². The highest BCUT2D eigenvalue weighted by atomic mass is 35.5. The number of alkyl halides is 3. The van der Waals surface area contributed by atoms with Crippen LogP contribution in [0.1, 0.15) is 18.9 Å². The number of hydrogen-bond donors (Lipinski definition) is 2. The molecule has 2 unspecified atom stereocenters. The molecule has 0 spiro atoms. The minimum Gasteiger partial charge on any atom is -0.353 e. The number of rotatable bonds is 5. The van der Waals surface area contributed by atoms with E-state index in [0.717, 1.165) is 12.3 Å². The highest BCUT2D eigenvalue weighted by molar-refractivity contribution is 6.33. The van der Waals surface area contributed by atoms with E-state index < -0.39 is 11.7 Å². The average Bonchev–Trinajstić information content (AvgIpc) is 2.94. The number of carbonyl (C=O) groups is 1. The summed E-state index contributed by atoms with van der Waals surface area (Å²) in [6.07, 6.45) is -3.00. The lowest BCUT2D eigenvalue weighted by Crippen LogP contribution is -2.42. The SMILES string of the molecule is CNCC(C)C(=O)NC1CCN(c2ncc(C(F)(F)F)cc2Cl)C1.Cl.Cl.